The van der Waals surface area contributed by atoms with E-state index in [0.717, 1.165) is 17.7 Å². The molecule has 0 saturated heterocycles. The number of halogens is 1. The van der Waals surface area contributed by atoms with E-state index >= 15 is 0 Å². The number of hydrogen-bond donors (Lipinski definition) is 0. The van der Waals surface area contributed by atoms with Crippen molar-refractivity contribution in [1.29, 1.82) is 0 Å². The minimum Gasteiger partial charge on any atom is -0.268 e. The number of rotatable bonds is 6. The second-order valence-electron chi connectivity index (χ2n) is 5.93. The van der Waals surface area contributed by atoms with Gasteiger partial charge in [0.05, 0.1) is 18.5 Å². The van der Waals surface area contributed by atoms with E-state index < -0.39 is 5.82 Å². The molecule has 7 heteroatoms. The van der Waals surface area contributed by atoms with Crippen molar-refractivity contribution < 1.29 is 9.23 Å². The number of aryl methyl sites for hydroxylation is 1. The van der Waals surface area contributed by atoms with Crippen LogP contribution in [0.1, 0.15) is 18.4 Å². The number of nitrogens with zero attached hydrogens (tertiary/aromatic N) is 3. The lowest BCUT2D eigenvalue weighted by atomic mass is 10.2. The fourth-order valence-electron chi connectivity index (χ4n) is 2.36. The van der Waals surface area contributed by atoms with Crippen LogP contribution in [-0.4, -0.2) is 22.6 Å². The van der Waals surface area contributed by atoms with Crippen molar-refractivity contribution >= 4 is 23.1 Å². The molecule has 0 radical (unpaired) electrons. The van der Waals surface area contributed by atoms with E-state index in [9.17, 15) is 9.18 Å². The summed E-state index contributed by atoms with van der Waals surface area (Å²) < 4.78 is 15.8. The van der Waals surface area contributed by atoms with Crippen molar-refractivity contribution in [2.24, 2.45) is 13.0 Å². The first-order valence-electron chi connectivity index (χ1n) is 7.80. The Morgan fingerprint density at radius 3 is 2.79 bits per heavy atom. The topological polar surface area (TPSA) is 47.4 Å². The minimum absolute atomic E-state index is 0.228. The molecule has 128 valence electrons. The summed E-state index contributed by atoms with van der Waals surface area (Å²) in [5.74, 6) is 0.110. The van der Waals surface area contributed by atoms with Crippen LogP contribution in [0.5, 0.6) is 0 Å². The van der Waals surface area contributed by atoms with Crippen LogP contribution in [0.15, 0.2) is 34.1 Å². The Bertz CT molecular complexity index is 805. The molecule has 5 nitrogen and oxygen atoms in total. The zero-order valence-electron chi connectivity index (χ0n) is 14.0. The minimum atomic E-state index is -0.391. The maximum absolute atomic E-state index is 14.6. The van der Waals surface area contributed by atoms with Crippen molar-refractivity contribution in [3.63, 3.8) is 0 Å². The molecule has 0 amide bonds. The van der Waals surface area contributed by atoms with E-state index in [1.54, 1.807) is 20.0 Å². The molecule has 1 aliphatic rings. The highest BCUT2D eigenvalue weighted by Gasteiger charge is 2.26. The second kappa shape index (κ2) is 6.94. The molecule has 1 saturated carbocycles. The predicted octanol–water partition coefficient (Wildman–Crippen LogP) is 3.43. The third-order valence-electron chi connectivity index (χ3n) is 4.08. The van der Waals surface area contributed by atoms with Crippen LogP contribution in [0, 0.1) is 18.7 Å². The van der Waals surface area contributed by atoms with Gasteiger partial charge >= 0.3 is 0 Å². The van der Waals surface area contributed by atoms with Gasteiger partial charge in [-0.2, -0.15) is 5.10 Å². The van der Waals surface area contributed by atoms with E-state index in [1.165, 1.54) is 33.8 Å². The summed E-state index contributed by atoms with van der Waals surface area (Å²) in [4.78, 5) is 18.9. The van der Waals surface area contributed by atoms with Gasteiger partial charge in [-0.25, -0.2) is 14.1 Å². The Hall–Kier alpha value is -1.86. The van der Waals surface area contributed by atoms with Crippen molar-refractivity contribution in [2.75, 3.05) is 17.9 Å². The average Bonchev–Trinajstić information content (AvgIpc) is 3.39. The maximum atomic E-state index is 14.6. The van der Waals surface area contributed by atoms with Crippen LogP contribution in [-0.2, 0) is 11.9 Å². The van der Waals surface area contributed by atoms with Crippen molar-refractivity contribution in [2.45, 2.75) is 24.7 Å². The van der Waals surface area contributed by atoms with Gasteiger partial charge < -0.3 is 0 Å². The first-order valence-corrected chi connectivity index (χ1v) is 9.03. The van der Waals surface area contributed by atoms with Crippen molar-refractivity contribution in [3.8, 4) is 0 Å². The zero-order chi connectivity index (χ0) is 17.3. The molecule has 1 aliphatic carbocycles. The zero-order valence-corrected chi connectivity index (χ0v) is 14.8. The van der Waals surface area contributed by atoms with Crippen LogP contribution in [0.4, 0.5) is 15.8 Å². The SMILES string of the molecule is CSc1ccc(N(OCC2CC2)c2cnn(C)c(=O)c2C)c(F)c1. The van der Waals surface area contributed by atoms with Gasteiger partial charge in [-0.1, -0.05) is 0 Å². The molecule has 0 spiro atoms. The average molecular weight is 349 g/mol. The number of benzene rings is 1. The molecular weight excluding hydrogens is 329 g/mol. The van der Waals surface area contributed by atoms with Gasteiger partial charge in [0.1, 0.15) is 11.5 Å². The van der Waals surface area contributed by atoms with E-state index in [0.29, 0.717) is 23.8 Å². The Balaban J connectivity index is 2.03. The lowest BCUT2D eigenvalue weighted by Gasteiger charge is -2.25. The monoisotopic (exact) mass is 349 g/mol. The van der Waals surface area contributed by atoms with E-state index in [2.05, 4.69) is 5.10 Å². The molecule has 1 fully saturated rings. The van der Waals surface area contributed by atoms with Crippen molar-refractivity contribution in [1.82, 2.24) is 9.78 Å². The van der Waals surface area contributed by atoms with E-state index in [-0.39, 0.29) is 11.2 Å². The summed E-state index contributed by atoms with van der Waals surface area (Å²) in [5.41, 5.74) is 0.992. The van der Waals surface area contributed by atoms with Crippen LogP contribution >= 0.6 is 11.8 Å². The first kappa shape index (κ1) is 17.0. The molecule has 0 aliphatic heterocycles. The molecule has 0 atom stereocenters. The Labute approximate surface area is 144 Å². The fourth-order valence-corrected chi connectivity index (χ4v) is 2.79. The summed E-state index contributed by atoms with van der Waals surface area (Å²) >= 11 is 1.47. The Morgan fingerprint density at radius 1 is 1.42 bits per heavy atom. The lowest BCUT2D eigenvalue weighted by Crippen LogP contribution is -2.28. The summed E-state index contributed by atoms with van der Waals surface area (Å²) in [6.45, 7) is 2.19. The summed E-state index contributed by atoms with van der Waals surface area (Å²) in [5, 5.41) is 5.45. The van der Waals surface area contributed by atoms with Crippen LogP contribution in [0.25, 0.3) is 0 Å². The van der Waals surface area contributed by atoms with Gasteiger partial charge in [-0.05, 0) is 50.1 Å². The van der Waals surface area contributed by atoms with Gasteiger partial charge in [-0.3, -0.25) is 9.63 Å². The lowest BCUT2D eigenvalue weighted by molar-refractivity contribution is 0.123. The number of thioether (sulfide) groups is 1. The summed E-state index contributed by atoms with van der Waals surface area (Å²) in [7, 11) is 1.59. The molecule has 0 N–H and O–H groups in total. The molecule has 24 heavy (non-hydrogen) atoms. The maximum Gasteiger partial charge on any atom is 0.271 e. The van der Waals surface area contributed by atoms with Crippen molar-refractivity contribution in [3.05, 3.63) is 46.1 Å². The molecule has 2 aromatic rings. The Kier molecular flexibility index (Phi) is 4.91. The van der Waals surface area contributed by atoms with Gasteiger partial charge in [0.25, 0.3) is 5.56 Å². The molecular formula is C17H20FN3O2S. The number of anilines is 2. The standard InChI is InChI=1S/C17H20FN3O2S/c1-11-16(9-19-20(2)17(11)22)21(23-10-12-4-5-12)15-7-6-13(24-3)8-14(15)18/h6-9,12H,4-5,10H2,1-3H3. The van der Waals surface area contributed by atoms with Crippen LogP contribution in [0.2, 0.25) is 0 Å². The molecule has 1 aromatic heterocycles. The highest BCUT2D eigenvalue weighted by atomic mass is 32.2. The molecule has 0 bridgehead atoms. The third-order valence-corrected chi connectivity index (χ3v) is 4.81. The number of hydrogen-bond acceptors (Lipinski definition) is 5. The largest absolute Gasteiger partial charge is 0.271 e. The fraction of sp³-hybridized carbons (Fsp3) is 0.412. The second-order valence-corrected chi connectivity index (χ2v) is 6.81. The molecule has 1 aromatic carbocycles. The molecule has 1 heterocycles. The Morgan fingerprint density at radius 2 is 2.17 bits per heavy atom. The smallest absolute Gasteiger partial charge is 0.268 e. The highest BCUT2D eigenvalue weighted by molar-refractivity contribution is 7.98. The first-order chi connectivity index (χ1) is 11.5. The van der Waals surface area contributed by atoms with Gasteiger partial charge in [0, 0.05) is 17.5 Å². The molecule has 3 rings (SSSR count). The summed E-state index contributed by atoms with van der Waals surface area (Å²) in [6.07, 6.45) is 5.67. The normalized spacial score (nSPS) is 14.0. The summed E-state index contributed by atoms with van der Waals surface area (Å²) in [6, 6.07) is 4.97. The predicted molar refractivity (Wildman–Crippen MR) is 93.2 cm³/mol. The number of aromatic nitrogens is 2. The third kappa shape index (κ3) is 3.47. The van der Waals surface area contributed by atoms with E-state index in [4.69, 9.17) is 4.84 Å². The van der Waals surface area contributed by atoms with Gasteiger partial charge in [0.15, 0.2) is 0 Å². The quantitative estimate of drug-likeness (QED) is 0.591. The molecule has 0 unspecified atom stereocenters. The van der Waals surface area contributed by atoms with E-state index in [1.807, 2.05) is 12.3 Å². The van der Waals surface area contributed by atoms with Gasteiger partial charge in [-0.15, -0.1) is 11.8 Å². The van der Waals surface area contributed by atoms with Crippen LogP contribution in [0.3, 0.4) is 0 Å². The van der Waals surface area contributed by atoms with Crippen LogP contribution < -0.4 is 10.6 Å². The highest BCUT2D eigenvalue weighted by Crippen LogP contribution is 2.34. The van der Waals surface area contributed by atoms with Gasteiger partial charge in [0.2, 0.25) is 0 Å².